The molecule has 100 valence electrons. The maximum absolute atomic E-state index is 10.7. The molecule has 18 heavy (non-hydrogen) atoms. The van der Waals surface area contributed by atoms with Crippen LogP contribution in [0, 0.1) is 10.1 Å². The van der Waals surface area contributed by atoms with Crippen molar-refractivity contribution in [3.63, 3.8) is 0 Å². The van der Waals surface area contributed by atoms with E-state index in [9.17, 15) is 15.2 Å². The lowest BCUT2D eigenvalue weighted by Gasteiger charge is -2.19. The Balaban J connectivity index is 2.92. The van der Waals surface area contributed by atoms with Crippen molar-refractivity contribution in [1.82, 2.24) is 0 Å². The fourth-order valence-corrected chi connectivity index (χ4v) is 2.04. The summed E-state index contributed by atoms with van der Waals surface area (Å²) in [6.07, 6.45) is 0. The van der Waals surface area contributed by atoms with Gasteiger partial charge in [0.05, 0.1) is 15.4 Å². The van der Waals surface area contributed by atoms with Gasteiger partial charge in [0.1, 0.15) is 12.4 Å². The third-order valence-electron chi connectivity index (χ3n) is 2.02. The van der Waals surface area contributed by atoms with Crippen LogP contribution in [-0.4, -0.2) is 28.0 Å². The van der Waals surface area contributed by atoms with Crippen molar-refractivity contribution in [3.8, 4) is 5.75 Å². The highest BCUT2D eigenvalue weighted by atomic mass is 32.2. The van der Waals surface area contributed by atoms with Crippen molar-refractivity contribution in [2.24, 2.45) is 0 Å². The topological polar surface area (TPSA) is 72.6 Å². The van der Waals surface area contributed by atoms with Crippen LogP contribution >= 0.6 is 11.8 Å². The van der Waals surface area contributed by atoms with E-state index in [4.69, 9.17) is 4.74 Å². The first-order chi connectivity index (χ1) is 8.33. The monoisotopic (exact) mass is 271 g/mol. The molecule has 0 aliphatic heterocycles. The van der Waals surface area contributed by atoms with E-state index in [1.807, 2.05) is 6.92 Å². The Labute approximate surface area is 110 Å². The first-order valence-electron chi connectivity index (χ1n) is 5.60. The molecule has 0 bridgehead atoms. The van der Waals surface area contributed by atoms with Gasteiger partial charge in [0, 0.05) is 12.1 Å². The third-order valence-corrected chi connectivity index (χ3v) is 2.94. The summed E-state index contributed by atoms with van der Waals surface area (Å²) in [5.74, 6) is 1.36. The van der Waals surface area contributed by atoms with Crippen LogP contribution in [0.5, 0.6) is 5.75 Å². The summed E-state index contributed by atoms with van der Waals surface area (Å²) in [7, 11) is 0. The Bertz CT molecular complexity index is 429. The van der Waals surface area contributed by atoms with Gasteiger partial charge in [0.2, 0.25) is 0 Å². The van der Waals surface area contributed by atoms with Crippen LogP contribution in [0.15, 0.2) is 23.1 Å². The second kappa shape index (κ2) is 6.06. The average molecular weight is 271 g/mol. The number of hydrogen-bond donors (Lipinski definition) is 1. The van der Waals surface area contributed by atoms with E-state index in [0.29, 0.717) is 5.75 Å². The molecule has 1 N–H and O–H groups in total. The fourth-order valence-electron chi connectivity index (χ4n) is 1.25. The van der Waals surface area contributed by atoms with Crippen molar-refractivity contribution in [3.05, 3.63) is 28.3 Å². The molecule has 0 heterocycles. The minimum Gasteiger partial charge on any atom is -0.489 e. The number of thioether (sulfide) groups is 1. The van der Waals surface area contributed by atoms with Crippen LogP contribution in [0.2, 0.25) is 0 Å². The van der Waals surface area contributed by atoms with Crippen molar-refractivity contribution >= 4 is 17.4 Å². The number of ether oxygens (including phenoxy) is 1. The molecule has 0 unspecified atom stereocenters. The van der Waals surface area contributed by atoms with Gasteiger partial charge in [-0.2, -0.15) is 0 Å². The molecule has 0 aliphatic carbocycles. The second-order valence-electron chi connectivity index (χ2n) is 4.42. The molecule has 1 aromatic carbocycles. The summed E-state index contributed by atoms with van der Waals surface area (Å²) >= 11 is 1.47. The zero-order valence-electron chi connectivity index (χ0n) is 10.7. The average Bonchev–Trinajstić information content (AvgIpc) is 2.26. The molecule has 0 aromatic heterocycles. The van der Waals surface area contributed by atoms with E-state index >= 15 is 0 Å². The van der Waals surface area contributed by atoms with Gasteiger partial charge in [-0.05, 0) is 25.7 Å². The Kier molecular flexibility index (Phi) is 4.98. The summed E-state index contributed by atoms with van der Waals surface area (Å²) in [5.41, 5.74) is -0.891. The number of rotatable bonds is 6. The Morgan fingerprint density at radius 2 is 2.17 bits per heavy atom. The normalized spacial score (nSPS) is 11.3. The molecule has 0 saturated carbocycles. The standard InChI is InChI=1S/C12H17NO4S/c1-4-18-11-7-9(13(15)16)5-6-10(11)17-8-12(2,3)14/h5-7,14H,4,8H2,1-3H3. The number of benzene rings is 1. The van der Waals surface area contributed by atoms with Gasteiger partial charge in [0.15, 0.2) is 0 Å². The quantitative estimate of drug-likeness (QED) is 0.489. The maximum atomic E-state index is 10.7. The Hall–Kier alpha value is -1.27. The van der Waals surface area contributed by atoms with Crippen LogP contribution in [0.1, 0.15) is 20.8 Å². The summed E-state index contributed by atoms with van der Waals surface area (Å²) in [6.45, 7) is 5.39. The minimum absolute atomic E-state index is 0.0431. The zero-order chi connectivity index (χ0) is 13.8. The first kappa shape index (κ1) is 14.8. The van der Waals surface area contributed by atoms with Crippen molar-refractivity contribution in [2.75, 3.05) is 12.4 Å². The lowest BCUT2D eigenvalue weighted by Crippen LogP contribution is -2.28. The van der Waals surface area contributed by atoms with Gasteiger partial charge in [-0.1, -0.05) is 6.92 Å². The van der Waals surface area contributed by atoms with Crippen LogP contribution in [0.4, 0.5) is 5.69 Å². The lowest BCUT2D eigenvalue weighted by molar-refractivity contribution is -0.385. The number of nitro benzene ring substituents is 1. The second-order valence-corrected chi connectivity index (χ2v) is 5.73. The molecule has 0 atom stereocenters. The molecule has 0 saturated heterocycles. The summed E-state index contributed by atoms with van der Waals surface area (Å²) in [6, 6.07) is 4.47. The molecular formula is C12H17NO4S. The molecule has 1 rings (SSSR count). The first-order valence-corrected chi connectivity index (χ1v) is 6.58. The zero-order valence-corrected chi connectivity index (χ0v) is 11.5. The molecule has 6 heteroatoms. The smallest absolute Gasteiger partial charge is 0.270 e. The van der Waals surface area contributed by atoms with E-state index in [1.54, 1.807) is 19.9 Å². The SMILES string of the molecule is CCSc1cc([N+](=O)[O-])ccc1OCC(C)(C)O. The van der Waals surface area contributed by atoms with E-state index in [0.717, 1.165) is 10.6 Å². The van der Waals surface area contributed by atoms with E-state index in [1.165, 1.54) is 23.9 Å². The summed E-state index contributed by atoms with van der Waals surface area (Å²) in [4.78, 5) is 11.0. The largest absolute Gasteiger partial charge is 0.489 e. The van der Waals surface area contributed by atoms with Crippen LogP contribution in [-0.2, 0) is 0 Å². The molecule has 0 aliphatic rings. The highest BCUT2D eigenvalue weighted by Gasteiger charge is 2.16. The number of aliphatic hydroxyl groups is 1. The molecule has 0 radical (unpaired) electrons. The van der Waals surface area contributed by atoms with E-state index in [-0.39, 0.29) is 12.3 Å². The van der Waals surface area contributed by atoms with Gasteiger partial charge >= 0.3 is 0 Å². The third kappa shape index (κ3) is 4.54. The van der Waals surface area contributed by atoms with Crippen molar-refractivity contribution in [2.45, 2.75) is 31.3 Å². The van der Waals surface area contributed by atoms with Gasteiger partial charge in [-0.25, -0.2) is 0 Å². The molecular weight excluding hydrogens is 254 g/mol. The number of non-ortho nitro benzene ring substituents is 1. The van der Waals surface area contributed by atoms with Gasteiger partial charge in [-0.15, -0.1) is 11.8 Å². The Morgan fingerprint density at radius 3 is 2.67 bits per heavy atom. The van der Waals surface area contributed by atoms with Crippen LogP contribution in [0.3, 0.4) is 0 Å². The minimum atomic E-state index is -0.935. The highest BCUT2D eigenvalue weighted by molar-refractivity contribution is 7.99. The fraction of sp³-hybridized carbons (Fsp3) is 0.500. The predicted molar refractivity (Wildman–Crippen MR) is 71.3 cm³/mol. The number of hydrogen-bond acceptors (Lipinski definition) is 5. The molecule has 1 aromatic rings. The summed E-state index contributed by atoms with van der Waals surface area (Å²) in [5, 5.41) is 20.3. The maximum Gasteiger partial charge on any atom is 0.270 e. The van der Waals surface area contributed by atoms with Crippen LogP contribution in [0.25, 0.3) is 0 Å². The van der Waals surface area contributed by atoms with Crippen molar-refractivity contribution in [1.29, 1.82) is 0 Å². The molecule has 5 nitrogen and oxygen atoms in total. The number of nitrogens with zero attached hydrogens (tertiary/aromatic N) is 1. The molecule has 0 spiro atoms. The van der Waals surface area contributed by atoms with E-state index < -0.39 is 10.5 Å². The van der Waals surface area contributed by atoms with E-state index in [2.05, 4.69) is 0 Å². The predicted octanol–water partition coefficient (Wildman–Crippen LogP) is 2.86. The van der Waals surface area contributed by atoms with Crippen molar-refractivity contribution < 1.29 is 14.8 Å². The van der Waals surface area contributed by atoms with Crippen LogP contribution < -0.4 is 4.74 Å². The highest BCUT2D eigenvalue weighted by Crippen LogP contribution is 2.33. The lowest BCUT2D eigenvalue weighted by atomic mass is 10.2. The molecule has 0 fully saturated rings. The van der Waals surface area contributed by atoms with Gasteiger partial charge in [0.25, 0.3) is 5.69 Å². The number of nitro groups is 1. The summed E-state index contributed by atoms with van der Waals surface area (Å²) < 4.78 is 5.50. The van der Waals surface area contributed by atoms with Gasteiger partial charge in [-0.3, -0.25) is 10.1 Å². The molecule has 0 amide bonds. The van der Waals surface area contributed by atoms with Gasteiger partial charge < -0.3 is 9.84 Å². The Morgan fingerprint density at radius 1 is 1.50 bits per heavy atom.